The molecule has 0 unspecified atom stereocenters. The number of nitriles is 1. The molecule has 0 fully saturated rings. The SMILES string of the molecule is CC[C@@H](C)Cc1c(C)sc2nc(SCc3ccc(C#N)cc3)[nH]c(=O)c12. The smallest absolute Gasteiger partial charge is 0.260 e. The highest BCUT2D eigenvalue weighted by molar-refractivity contribution is 7.98. The lowest BCUT2D eigenvalue weighted by Crippen LogP contribution is -2.11. The van der Waals surface area contributed by atoms with E-state index in [1.165, 1.54) is 16.6 Å². The minimum atomic E-state index is -0.0417. The highest BCUT2D eigenvalue weighted by Crippen LogP contribution is 2.31. The second-order valence-electron chi connectivity index (χ2n) is 6.50. The lowest BCUT2D eigenvalue weighted by Gasteiger charge is -2.08. The number of rotatable bonds is 6. The zero-order valence-corrected chi connectivity index (χ0v) is 16.8. The van der Waals surface area contributed by atoms with Gasteiger partial charge in [-0.25, -0.2) is 4.98 Å². The van der Waals surface area contributed by atoms with Crippen LogP contribution in [-0.2, 0) is 12.2 Å². The maximum atomic E-state index is 12.7. The predicted octanol–water partition coefficient (Wildman–Crippen LogP) is 5.05. The quantitative estimate of drug-likeness (QED) is 0.478. The third kappa shape index (κ3) is 4.00. The molecule has 2 aromatic heterocycles. The summed E-state index contributed by atoms with van der Waals surface area (Å²) in [6.07, 6.45) is 2.02. The van der Waals surface area contributed by atoms with Crippen LogP contribution >= 0.6 is 23.1 Å². The standard InChI is InChI=1S/C20H21N3OS2/c1-4-12(2)9-16-13(3)26-19-17(16)18(24)22-20(23-19)25-11-15-7-5-14(10-21)6-8-15/h5-8,12H,4,9,11H2,1-3H3,(H,22,23,24)/t12-/m1/s1. The highest BCUT2D eigenvalue weighted by Gasteiger charge is 2.16. The fourth-order valence-corrected chi connectivity index (χ4v) is 4.72. The van der Waals surface area contributed by atoms with Crippen molar-refractivity contribution in [3.05, 3.63) is 56.2 Å². The molecule has 26 heavy (non-hydrogen) atoms. The first-order valence-electron chi connectivity index (χ1n) is 8.66. The molecule has 1 atom stereocenters. The van der Waals surface area contributed by atoms with Crippen molar-refractivity contribution in [2.24, 2.45) is 5.92 Å². The summed E-state index contributed by atoms with van der Waals surface area (Å²) in [4.78, 5) is 22.3. The number of fused-ring (bicyclic) bond motifs is 1. The van der Waals surface area contributed by atoms with Gasteiger partial charge in [0, 0.05) is 10.6 Å². The third-order valence-corrected chi connectivity index (χ3v) is 6.53. The van der Waals surface area contributed by atoms with E-state index in [0.717, 1.165) is 34.2 Å². The first-order valence-corrected chi connectivity index (χ1v) is 10.5. The molecular weight excluding hydrogens is 362 g/mol. The van der Waals surface area contributed by atoms with Gasteiger partial charge in [0.1, 0.15) is 4.83 Å². The van der Waals surface area contributed by atoms with E-state index in [9.17, 15) is 4.79 Å². The normalized spacial score (nSPS) is 12.2. The van der Waals surface area contributed by atoms with Crippen molar-refractivity contribution < 1.29 is 0 Å². The van der Waals surface area contributed by atoms with Gasteiger partial charge in [0.15, 0.2) is 5.16 Å². The molecule has 0 amide bonds. The summed E-state index contributed by atoms with van der Waals surface area (Å²) in [7, 11) is 0. The number of thioether (sulfide) groups is 1. The molecule has 0 radical (unpaired) electrons. The van der Waals surface area contributed by atoms with Gasteiger partial charge in [0.05, 0.1) is 17.0 Å². The third-order valence-electron chi connectivity index (χ3n) is 4.55. The molecule has 2 heterocycles. The van der Waals surface area contributed by atoms with Crippen LogP contribution in [0.25, 0.3) is 10.2 Å². The number of hydrogen-bond donors (Lipinski definition) is 1. The number of nitrogens with one attached hydrogen (secondary N) is 1. The number of aryl methyl sites for hydroxylation is 1. The number of nitrogens with zero attached hydrogens (tertiary/aromatic N) is 2. The number of aromatic nitrogens is 2. The van der Waals surface area contributed by atoms with Crippen molar-refractivity contribution in [3.63, 3.8) is 0 Å². The second kappa shape index (κ2) is 8.07. The summed E-state index contributed by atoms with van der Waals surface area (Å²) in [5.74, 6) is 1.25. The van der Waals surface area contributed by atoms with Crippen molar-refractivity contribution in [2.75, 3.05) is 0 Å². The summed E-state index contributed by atoms with van der Waals surface area (Å²) >= 11 is 3.11. The molecule has 1 aromatic carbocycles. The second-order valence-corrected chi connectivity index (χ2v) is 8.67. The van der Waals surface area contributed by atoms with E-state index in [0.29, 0.717) is 22.4 Å². The van der Waals surface area contributed by atoms with Crippen LogP contribution in [0.5, 0.6) is 0 Å². The van der Waals surface area contributed by atoms with Gasteiger partial charge in [-0.15, -0.1) is 11.3 Å². The van der Waals surface area contributed by atoms with Gasteiger partial charge in [-0.3, -0.25) is 4.79 Å². The Morgan fingerprint density at radius 3 is 2.73 bits per heavy atom. The fourth-order valence-electron chi connectivity index (χ4n) is 2.79. The number of hydrogen-bond acceptors (Lipinski definition) is 5. The van der Waals surface area contributed by atoms with Gasteiger partial charge < -0.3 is 4.98 Å². The number of aromatic amines is 1. The van der Waals surface area contributed by atoms with Crippen LogP contribution in [-0.4, -0.2) is 9.97 Å². The van der Waals surface area contributed by atoms with Crippen LogP contribution in [0.15, 0.2) is 34.2 Å². The molecule has 0 aliphatic heterocycles. The Kier molecular flexibility index (Phi) is 5.80. The number of thiophene rings is 1. The molecule has 1 N–H and O–H groups in total. The van der Waals surface area contributed by atoms with Crippen molar-refractivity contribution in [1.82, 2.24) is 9.97 Å². The minimum Gasteiger partial charge on any atom is -0.301 e. The van der Waals surface area contributed by atoms with Gasteiger partial charge in [-0.1, -0.05) is 44.2 Å². The van der Waals surface area contributed by atoms with Gasteiger partial charge in [0.25, 0.3) is 5.56 Å². The Bertz CT molecular complexity index is 1010. The molecule has 3 rings (SSSR count). The monoisotopic (exact) mass is 383 g/mol. The summed E-state index contributed by atoms with van der Waals surface area (Å²) in [6, 6.07) is 9.59. The van der Waals surface area contributed by atoms with Gasteiger partial charge >= 0.3 is 0 Å². The molecule has 0 saturated heterocycles. The molecule has 0 saturated carbocycles. The van der Waals surface area contributed by atoms with E-state index < -0.39 is 0 Å². The van der Waals surface area contributed by atoms with Crippen LogP contribution in [0.1, 0.15) is 41.8 Å². The number of benzene rings is 1. The Morgan fingerprint density at radius 1 is 1.35 bits per heavy atom. The summed E-state index contributed by atoms with van der Waals surface area (Å²) in [6.45, 7) is 6.47. The molecule has 3 aromatic rings. The van der Waals surface area contributed by atoms with E-state index in [4.69, 9.17) is 5.26 Å². The van der Waals surface area contributed by atoms with Crippen molar-refractivity contribution in [1.29, 1.82) is 5.26 Å². The van der Waals surface area contributed by atoms with E-state index in [1.807, 2.05) is 12.1 Å². The first-order chi connectivity index (χ1) is 12.5. The van der Waals surface area contributed by atoms with Crippen LogP contribution < -0.4 is 5.56 Å². The Balaban J connectivity index is 1.84. The fraction of sp³-hybridized carbons (Fsp3) is 0.350. The van der Waals surface area contributed by atoms with E-state index in [-0.39, 0.29) is 5.56 Å². The van der Waals surface area contributed by atoms with Crippen LogP contribution in [0.3, 0.4) is 0 Å². The summed E-state index contributed by atoms with van der Waals surface area (Å²) < 4.78 is 0. The Hall–Kier alpha value is -2.10. The maximum Gasteiger partial charge on any atom is 0.260 e. The summed E-state index contributed by atoms with van der Waals surface area (Å²) in [5, 5.41) is 10.3. The predicted molar refractivity (Wildman–Crippen MR) is 109 cm³/mol. The molecule has 0 spiro atoms. The van der Waals surface area contributed by atoms with E-state index in [1.54, 1.807) is 23.5 Å². The van der Waals surface area contributed by atoms with E-state index >= 15 is 0 Å². The van der Waals surface area contributed by atoms with Gasteiger partial charge in [0.2, 0.25) is 0 Å². The average molecular weight is 384 g/mol. The van der Waals surface area contributed by atoms with Crippen molar-refractivity contribution in [2.45, 2.75) is 44.5 Å². The van der Waals surface area contributed by atoms with E-state index in [2.05, 4.69) is 36.8 Å². The average Bonchev–Trinajstić information content (AvgIpc) is 2.96. The molecular formula is C20H21N3OS2. The van der Waals surface area contributed by atoms with Crippen LogP contribution in [0.2, 0.25) is 0 Å². The topological polar surface area (TPSA) is 69.5 Å². The van der Waals surface area contributed by atoms with Gasteiger partial charge in [-0.05, 0) is 42.5 Å². The molecule has 134 valence electrons. The molecule has 6 heteroatoms. The molecule has 0 aliphatic rings. The van der Waals surface area contributed by atoms with Crippen molar-refractivity contribution >= 4 is 33.3 Å². The lowest BCUT2D eigenvalue weighted by molar-refractivity contribution is 0.561. The zero-order valence-electron chi connectivity index (χ0n) is 15.1. The first kappa shape index (κ1) is 18.7. The Labute approximate surface area is 161 Å². The minimum absolute atomic E-state index is 0.0417. The highest BCUT2D eigenvalue weighted by atomic mass is 32.2. The molecule has 0 bridgehead atoms. The lowest BCUT2D eigenvalue weighted by atomic mass is 9.98. The van der Waals surface area contributed by atoms with Crippen molar-refractivity contribution in [3.8, 4) is 6.07 Å². The summed E-state index contributed by atoms with van der Waals surface area (Å²) in [5.41, 5.74) is 2.85. The van der Waals surface area contributed by atoms with Crippen LogP contribution in [0, 0.1) is 24.2 Å². The zero-order chi connectivity index (χ0) is 18.7. The number of H-pyrrole nitrogens is 1. The van der Waals surface area contributed by atoms with Gasteiger partial charge in [-0.2, -0.15) is 5.26 Å². The molecule has 0 aliphatic carbocycles. The maximum absolute atomic E-state index is 12.7. The Morgan fingerprint density at radius 2 is 2.08 bits per heavy atom. The molecule has 4 nitrogen and oxygen atoms in total. The largest absolute Gasteiger partial charge is 0.301 e. The van der Waals surface area contributed by atoms with Crippen LogP contribution in [0.4, 0.5) is 0 Å².